The summed E-state index contributed by atoms with van der Waals surface area (Å²) >= 11 is 0. The number of aryl methyl sites for hydroxylation is 1. The molecule has 1 heterocycles. The maximum absolute atomic E-state index is 13.1. The van der Waals surface area contributed by atoms with Crippen LogP contribution in [0.2, 0.25) is 0 Å². The molecule has 2 aliphatic carbocycles. The SMILES string of the molecule is Cn1cc(C(=O)Nc2ccccc2C2C[C@]2(C)C2CC2)c(C(F)(F)F)n1. The molecule has 26 heavy (non-hydrogen) atoms. The number of hydrogen-bond donors (Lipinski definition) is 1. The molecule has 1 aromatic heterocycles. The van der Waals surface area contributed by atoms with Gasteiger partial charge in [0.05, 0.1) is 5.56 Å². The van der Waals surface area contributed by atoms with Crippen LogP contribution in [0, 0.1) is 11.3 Å². The Labute approximate surface area is 149 Å². The van der Waals surface area contributed by atoms with Gasteiger partial charge in [0.1, 0.15) is 0 Å². The molecule has 4 nitrogen and oxygen atoms in total. The van der Waals surface area contributed by atoms with Crippen molar-refractivity contribution >= 4 is 11.6 Å². The number of benzene rings is 1. The molecule has 1 N–H and O–H groups in total. The van der Waals surface area contributed by atoms with Gasteiger partial charge >= 0.3 is 6.18 Å². The maximum atomic E-state index is 13.1. The Bertz CT molecular complexity index is 869. The minimum Gasteiger partial charge on any atom is -0.322 e. The fourth-order valence-electron chi connectivity index (χ4n) is 4.01. The third kappa shape index (κ3) is 2.89. The van der Waals surface area contributed by atoms with Gasteiger partial charge < -0.3 is 5.32 Å². The normalized spacial score (nSPS) is 25.2. The van der Waals surface area contributed by atoms with Gasteiger partial charge in [-0.05, 0) is 48.1 Å². The minimum absolute atomic E-state index is 0.256. The van der Waals surface area contributed by atoms with Crippen molar-refractivity contribution in [1.82, 2.24) is 9.78 Å². The molecular formula is C19H20F3N3O. The van der Waals surface area contributed by atoms with Crippen LogP contribution in [0.1, 0.15) is 53.7 Å². The zero-order valence-electron chi connectivity index (χ0n) is 14.6. The summed E-state index contributed by atoms with van der Waals surface area (Å²) in [4.78, 5) is 12.5. The van der Waals surface area contributed by atoms with E-state index in [0.29, 0.717) is 11.6 Å². The fraction of sp³-hybridized carbons (Fsp3) is 0.474. The van der Waals surface area contributed by atoms with Crippen molar-refractivity contribution in [2.75, 3.05) is 5.32 Å². The molecule has 1 unspecified atom stereocenters. The van der Waals surface area contributed by atoms with E-state index >= 15 is 0 Å². The molecule has 1 aromatic carbocycles. The summed E-state index contributed by atoms with van der Waals surface area (Å²) in [5.74, 6) is 0.292. The third-order valence-corrected chi connectivity index (χ3v) is 5.72. The molecule has 0 spiro atoms. The van der Waals surface area contributed by atoms with Gasteiger partial charge in [0, 0.05) is 18.9 Å². The van der Waals surface area contributed by atoms with E-state index in [-0.39, 0.29) is 5.41 Å². The highest BCUT2D eigenvalue weighted by molar-refractivity contribution is 6.05. The lowest BCUT2D eigenvalue weighted by molar-refractivity contribution is -0.141. The number of amides is 1. The third-order valence-electron chi connectivity index (χ3n) is 5.72. The second-order valence-corrected chi connectivity index (χ2v) is 7.64. The van der Waals surface area contributed by atoms with Crippen molar-refractivity contribution in [2.45, 2.75) is 38.3 Å². The Morgan fingerprint density at radius 3 is 2.65 bits per heavy atom. The van der Waals surface area contributed by atoms with Crippen molar-refractivity contribution in [1.29, 1.82) is 0 Å². The summed E-state index contributed by atoms with van der Waals surface area (Å²) in [6.45, 7) is 2.26. The van der Waals surface area contributed by atoms with Gasteiger partial charge in [-0.15, -0.1) is 0 Å². The lowest BCUT2D eigenvalue weighted by Gasteiger charge is -2.14. The number of nitrogens with one attached hydrogen (secondary N) is 1. The Hall–Kier alpha value is -2.31. The predicted molar refractivity (Wildman–Crippen MR) is 90.8 cm³/mol. The number of carbonyl (C=O) groups excluding carboxylic acids is 1. The quantitative estimate of drug-likeness (QED) is 0.863. The highest BCUT2D eigenvalue weighted by atomic mass is 19.4. The molecule has 1 amide bonds. The second-order valence-electron chi connectivity index (χ2n) is 7.64. The van der Waals surface area contributed by atoms with E-state index in [2.05, 4.69) is 17.3 Å². The molecule has 138 valence electrons. The van der Waals surface area contributed by atoms with Crippen molar-refractivity contribution in [3.8, 4) is 0 Å². The number of halogens is 3. The van der Waals surface area contributed by atoms with Gasteiger partial charge in [0.2, 0.25) is 0 Å². The summed E-state index contributed by atoms with van der Waals surface area (Å²) in [5.41, 5.74) is 0.225. The average molecular weight is 363 g/mol. The van der Waals surface area contributed by atoms with Gasteiger partial charge in [-0.1, -0.05) is 25.1 Å². The molecule has 4 rings (SSSR count). The lowest BCUT2D eigenvalue weighted by atomic mass is 9.95. The second kappa shape index (κ2) is 5.59. The molecule has 2 atom stereocenters. The van der Waals surface area contributed by atoms with E-state index in [1.807, 2.05) is 12.1 Å². The van der Waals surface area contributed by atoms with Crippen molar-refractivity contribution < 1.29 is 18.0 Å². The highest BCUT2D eigenvalue weighted by Crippen LogP contribution is 2.70. The van der Waals surface area contributed by atoms with Crippen molar-refractivity contribution in [3.05, 3.63) is 47.3 Å². The Morgan fingerprint density at radius 1 is 1.31 bits per heavy atom. The highest BCUT2D eigenvalue weighted by Gasteiger charge is 2.59. The number of aromatic nitrogens is 2. The van der Waals surface area contributed by atoms with Gasteiger partial charge in [-0.2, -0.15) is 18.3 Å². The average Bonchev–Trinajstić information content (AvgIpc) is 3.46. The molecule has 2 fully saturated rings. The standard InChI is InChI=1S/C19H20F3N3O/c1-18(11-7-8-11)9-14(18)12-5-3-4-6-15(12)23-17(26)13-10-25(2)24-16(13)19(20,21)22/h3-6,10-11,14H,7-9H2,1-2H3,(H,23,26)/t14?,18-/m1/s1. The number of para-hydroxylation sites is 1. The topological polar surface area (TPSA) is 46.9 Å². The molecule has 0 saturated heterocycles. The van der Waals surface area contributed by atoms with Crippen LogP contribution >= 0.6 is 0 Å². The monoisotopic (exact) mass is 363 g/mol. The van der Waals surface area contributed by atoms with Crippen LogP contribution in [-0.4, -0.2) is 15.7 Å². The summed E-state index contributed by atoms with van der Waals surface area (Å²) < 4.78 is 40.4. The van der Waals surface area contributed by atoms with Crippen LogP contribution in [0.25, 0.3) is 0 Å². The van der Waals surface area contributed by atoms with E-state index in [1.165, 1.54) is 19.9 Å². The molecular weight excluding hydrogens is 343 g/mol. The number of alkyl halides is 3. The largest absolute Gasteiger partial charge is 0.435 e. The maximum Gasteiger partial charge on any atom is 0.435 e. The van der Waals surface area contributed by atoms with Crippen molar-refractivity contribution in [3.63, 3.8) is 0 Å². The number of rotatable bonds is 4. The van der Waals surface area contributed by atoms with E-state index in [9.17, 15) is 18.0 Å². The van der Waals surface area contributed by atoms with Crippen LogP contribution < -0.4 is 5.32 Å². The van der Waals surface area contributed by atoms with Crippen LogP contribution in [0.3, 0.4) is 0 Å². The predicted octanol–water partition coefficient (Wildman–Crippen LogP) is 4.59. The fourth-order valence-corrected chi connectivity index (χ4v) is 4.01. The molecule has 0 aliphatic heterocycles. The molecule has 7 heteroatoms. The Morgan fingerprint density at radius 2 is 2.00 bits per heavy atom. The number of anilines is 1. The summed E-state index contributed by atoms with van der Waals surface area (Å²) in [6, 6.07) is 7.40. The van der Waals surface area contributed by atoms with Gasteiger partial charge in [0.15, 0.2) is 5.69 Å². The van der Waals surface area contributed by atoms with E-state index in [4.69, 9.17) is 0 Å². The first-order valence-electron chi connectivity index (χ1n) is 8.71. The van der Waals surface area contributed by atoms with Crippen LogP contribution in [0.4, 0.5) is 18.9 Å². The molecule has 2 aromatic rings. The first-order valence-corrected chi connectivity index (χ1v) is 8.71. The van der Waals surface area contributed by atoms with Gasteiger partial charge in [0.25, 0.3) is 5.91 Å². The van der Waals surface area contributed by atoms with Crippen LogP contribution in [0.5, 0.6) is 0 Å². The Balaban J connectivity index is 1.60. The molecule has 2 saturated carbocycles. The van der Waals surface area contributed by atoms with E-state index in [0.717, 1.165) is 28.8 Å². The zero-order valence-corrected chi connectivity index (χ0v) is 14.6. The zero-order chi connectivity index (χ0) is 18.7. The smallest absolute Gasteiger partial charge is 0.322 e. The number of nitrogens with zero attached hydrogens (tertiary/aromatic N) is 2. The first-order chi connectivity index (χ1) is 12.2. The minimum atomic E-state index is -4.67. The van der Waals surface area contributed by atoms with Crippen LogP contribution in [-0.2, 0) is 13.2 Å². The molecule has 0 radical (unpaired) electrons. The Kier molecular flexibility index (Phi) is 3.68. The number of hydrogen-bond acceptors (Lipinski definition) is 2. The lowest BCUT2D eigenvalue weighted by Crippen LogP contribution is -2.18. The summed E-state index contributed by atoms with van der Waals surface area (Å²) in [6.07, 6.45) is -0.0236. The van der Waals surface area contributed by atoms with Crippen molar-refractivity contribution in [2.24, 2.45) is 18.4 Å². The first kappa shape index (κ1) is 17.1. The number of carbonyl (C=O) groups is 1. The van der Waals surface area contributed by atoms with Crippen LogP contribution in [0.15, 0.2) is 30.5 Å². The van der Waals surface area contributed by atoms with Gasteiger partial charge in [-0.25, -0.2) is 0 Å². The molecule has 0 bridgehead atoms. The van der Waals surface area contributed by atoms with E-state index < -0.39 is 23.3 Å². The van der Waals surface area contributed by atoms with Gasteiger partial charge in [-0.3, -0.25) is 9.48 Å². The summed E-state index contributed by atoms with van der Waals surface area (Å²) in [7, 11) is 1.37. The molecule has 2 aliphatic rings. The van der Waals surface area contributed by atoms with E-state index in [1.54, 1.807) is 12.1 Å². The summed E-state index contributed by atoms with van der Waals surface area (Å²) in [5, 5.41) is 6.08.